The quantitative estimate of drug-likeness (QED) is 0.0901. The van der Waals surface area contributed by atoms with Crippen LogP contribution in [0.4, 0.5) is 11.4 Å². The Morgan fingerprint density at radius 2 is 1.90 bits per heavy atom. The number of rotatable bonds is 5. The summed E-state index contributed by atoms with van der Waals surface area (Å²) >= 11 is 0. The van der Waals surface area contributed by atoms with Gasteiger partial charge in [0, 0.05) is 5.69 Å². The predicted molar refractivity (Wildman–Crippen MR) is 109 cm³/mol. The van der Waals surface area contributed by atoms with Gasteiger partial charge in [0.1, 0.15) is 6.34 Å². The minimum absolute atomic E-state index is 0.230. The average Bonchev–Trinajstić information content (AvgIpc) is 2.69. The van der Waals surface area contributed by atoms with Crippen molar-refractivity contribution in [2.24, 2.45) is 10.8 Å². The van der Waals surface area contributed by atoms with Crippen LogP contribution in [0.5, 0.6) is 0 Å². The number of carbonyl (C=O) groups is 2. The second-order valence-electron chi connectivity index (χ2n) is 5.31. The molecule has 0 radical (unpaired) electrons. The summed E-state index contributed by atoms with van der Waals surface area (Å²) < 4.78 is 4.86. The Labute approximate surface area is 171 Å². The Bertz CT molecular complexity index is 883. The number of esters is 1. The van der Waals surface area contributed by atoms with Gasteiger partial charge in [-0.25, -0.2) is 20.4 Å². The molecule has 0 bridgehead atoms. The Morgan fingerprint density at radius 1 is 1.27 bits per heavy atom. The van der Waals surface area contributed by atoms with E-state index in [2.05, 4.69) is 10.4 Å². The molecule has 0 heterocycles. The minimum Gasteiger partial charge on any atom is -0.478 e. The van der Waals surface area contributed by atoms with Crippen molar-refractivity contribution in [2.75, 3.05) is 12.3 Å². The van der Waals surface area contributed by atoms with Gasteiger partial charge in [-0.15, -0.1) is 10.1 Å². The summed E-state index contributed by atoms with van der Waals surface area (Å²) in [5.41, 5.74) is 10.5. The third kappa shape index (κ3) is 10.8. The van der Waals surface area contributed by atoms with Gasteiger partial charge in [0.15, 0.2) is 0 Å². The highest BCUT2D eigenvalue weighted by Crippen LogP contribution is 2.14. The Morgan fingerprint density at radius 3 is 2.40 bits per heavy atom. The van der Waals surface area contributed by atoms with Crippen LogP contribution >= 0.6 is 0 Å². The average molecular weight is 421 g/mol. The maximum atomic E-state index is 11.4. The topological polar surface area (TPSA) is 203 Å². The number of hydrazine groups is 1. The van der Waals surface area contributed by atoms with E-state index < -0.39 is 11.1 Å². The Kier molecular flexibility index (Phi) is 12.0. The molecule has 0 amide bonds. The summed E-state index contributed by atoms with van der Waals surface area (Å²) in [6, 6.07) is 11.5. The first-order valence-electron chi connectivity index (χ1n) is 8.30. The molecule has 0 aliphatic carbocycles. The number of aryl methyl sites for hydroxylation is 1. The molecule has 0 spiro atoms. The molecule has 0 fully saturated rings. The number of aromatic carboxylic acids is 1. The lowest BCUT2D eigenvalue weighted by Crippen LogP contribution is -2.18. The first-order valence-corrected chi connectivity index (χ1v) is 8.30. The number of benzene rings is 2. The summed E-state index contributed by atoms with van der Waals surface area (Å²) in [5.74, 6) is 3.73. The monoisotopic (exact) mass is 421 g/mol. The molecule has 7 N–H and O–H groups in total. The van der Waals surface area contributed by atoms with Gasteiger partial charge in [-0.2, -0.15) is 0 Å². The van der Waals surface area contributed by atoms with Gasteiger partial charge in [0.05, 0.1) is 23.4 Å². The van der Waals surface area contributed by atoms with Gasteiger partial charge in [-0.05, 0) is 49.7 Å². The van der Waals surface area contributed by atoms with Crippen LogP contribution in [0.2, 0.25) is 0 Å². The van der Waals surface area contributed by atoms with Gasteiger partial charge < -0.3 is 26.2 Å². The fourth-order valence-corrected chi connectivity index (χ4v) is 1.81. The molecule has 0 unspecified atom stereocenters. The molecule has 12 nitrogen and oxygen atoms in total. The standard InChI is InChI=1S/C10H13N3O2.C8H9NO2.HNO3/c1-2-15-10(14)8-4-3-5-9(6-8)12-7-13-11;1-5-2-3-6(8(10)11)4-7(5)9;2-1(3)4/h3-7H,2,11H2,1H3,(H,12,13);2-4H,9H2,1H3,(H,10,11);(H,2,3,4). The van der Waals surface area contributed by atoms with Crippen LogP contribution < -0.4 is 17.0 Å². The zero-order valence-corrected chi connectivity index (χ0v) is 16.3. The maximum absolute atomic E-state index is 11.4. The van der Waals surface area contributed by atoms with Gasteiger partial charge in [0.25, 0.3) is 5.09 Å². The summed E-state index contributed by atoms with van der Waals surface area (Å²) in [6.45, 7) is 3.95. The molecule has 0 aliphatic heterocycles. The molecule has 2 aromatic carbocycles. The van der Waals surface area contributed by atoms with Gasteiger partial charge >= 0.3 is 11.9 Å². The molecule has 0 saturated carbocycles. The molecule has 30 heavy (non-hydrogen) atoms. The van der Waals surface area contributed by atoms with E-state index in [0.29, 0.717) is 23.5 Å². The van der Waals surface area contributed by atoms with Crippen LogP contribution in [-0.2, 0) is 4.74 Å². The molecular weight excluding hydrogens is 398 g/mol. The number of anilines is 1. The number of nitrogen functional groups attached to an aromatic ring is 1. The molecule has 0 aromatic heterocycles. The molecule has 12 heteroatoms. The second kappa shape index (κ2) is 13.9. The van der Waals surface area contributed by atoms with Crippen LogP contribution in [0.1, 0.15) is 33.2 Å². The van der Waals surface area contributed by atoms with E-state index in [0.717, 1.165) is 5.56 Å². The second-order valence-corrected chi connectivity index (χ2v) is 5.31. The van der Waals surface area contributed by atoms with Crippen LogP contribution in [0, 0.1) is 17.0 Å². The minimum atomic E-state index is -1.50. The van der Waals surface area contributed by atoms with E-state index in [1.807, 2.05) is 6.92 Å². The SMILES string of the molecule is CCOC(=O)c1cccc(N=CNN)c1.Cc1ccc(C(=O)O)cc1N.O=[N+]([O-])O. The fourth-order valence-electron chi connectivity index (χ4n) is 1.81. The van der Waals surface area contributed by atoms with Crippen LogP contribution in [0.3, 0.4) is 0 Å². The van der Waals surface area contributed by atoms with Crippen molar-refractivity contribution in [3.05, 3.63) is 69.3 Å². The highest BCUT2D eigenvalue weighted by molar-refractivity contribution is 5.90. The number of nitrogens with one attached hydrogen (secondary N) is 1. The van der Waals surface area contributed by atoms with E-state index in [9.17, 15) is 9.59 Å². The first-order chi connectivity index (χ1) is 14.1. The van der Waals surface area contributed by atoms with Gasteiger partial charge in [0.2, 0.25) is 0 Å². The molecule has 0 atom stereocenters. The van der Waals surface area contributed by atoms with Gasteiger partial charge in [-0.3, -0.25) is 0 Å². The number of nitrogens with two attached hydrogens (primary N) is 2. The number of nitrogens with zero attached hydrogens (tertiary/aromatic N) is 2. The summed E-state index contributed by atoms with van der Waals surface area (Å²) in [5, 5.41) is 22.2. The molecule has 0 saturated heterocycles. The predicted octanol–water partition coefficient (Wildman–Crippen LogP) is 1.91. The smallest absolute Gasteiger partial charge is 0.338 e. The van der Waals surface area contributed by atoms with Crippen LogP contribution in [0.25, 0.3) is 0 Å². The molecule has 0 aliphatic rings. The number of aliphatic imine (C=N–C) groups is 1. The highest BCUT2D eigenvalue weighted by atomic mass is 16.9. The summed E-state index contributed by atoms with van der Waals surface area (Å²) in [7, 11) is 0. The third-order valence-corrected chi connectivity index (χ3v) is 3.17. The zero-order valence-electron chi connectivity index (χ0n) is 16.3. The fraction of sp³-hybridized carbons (Fsp3) is 0.167. The van der Waals surface area contributed by atoms with E-state index >= 15 is 0 Å². The Hall–Kier alpha value is -4.19. The summed E-state index contributed by atoms with van der Waals surface area (Å²) in [4.78, 5) is 34.1. The molecule has 162 valence electrons. The summed E-state index contributed by atoms with van der Waals surface area (Å²) in [6.07, 6.45) is 1.34. The number of carbonyl (C=O) groups excluding carboxylic acids is 1. The number of carboxylic acid groups (broad SMARTS) is 1. The van der Waals surface area contributed by atoms with E-state index in [1.54, 1.807) is 37.3 Å². The van der Waals surface area contributed by atoms with Crippen molar-refractivity contribution >= 4 is 29.7 Å². The number of hydrogen-bond acceptors (Lipinski definition) is 8. The van der Waals surface area contributed by atoms with Crippen molar-refractivity contribution in [1.82, 2.24) is 5.43 Å². The van der Waals surface area contributed by atoms with Crippen molar-refractivity contribution in [3.63, 3.8) is 0 Å². The highest BCUT2D eigenvalue weighted by Gasteiger charge is 2.05. The lowest BCUT2D eigenvalue weighted by atomic mass is 10.1. The lowest BCUT2D eigenvalue weighted by molar-refractivity contribution is -0.742. The van der Waals surface area contributed by atoms with Crippen LogP contribution in [0.15, 0.2) is 47.5 Å². The zero-order chi connectivity index (χ0) is 23.1. The third-order valence-electron chi connectivity index (χ3n) is 3.17. The molecule has 2 aromatic rings. The number of ether oxygens (including phenoxy) is 1. The van der Waals surface area contributed by atoms with E-state index in [4.69, 9.17) is 36.7 Å². The maximum Gasteiger partial charge on any atom is 0.338 e. The lowest BCUT2D eigenvalue weighted by Gasteiger charge is -2.01. The number of carboxylic acids is 1. The van der Waals surface area contributed by atoms with Crippen molar-refractivity contribution in [2.45, 2.75) is 13.8 Å². The van der Waals surface area contributed by atoms with E-state index in [1.165, 1.54) is 18.5 Å². The largest absolute Gasteiger partial charge is 0.478 e. The van der Waals surface area contributed by atoms with Gasteiger partial charge in [-0.1, -0.05) is 12.1 Å². The van der Waals surface area contributed by atoms with E-state index in [-0.39, 0.29) is 11.5 Å². The molecule has 2 rings (SSSR count). The Balaban J connectivity index is 0.000000491. The van der Waals surface area contributed by atoms with Crippen molar-refractivity contribution in [1.29, 1.82) is 0 Å². The van der Waals surface area contributed by atoms with Crippen LogP contribution in [-0.4, -0.2) is 40.3 Å². The molecular formula is C18H23N5O7. The normalized spacial score (nSPS) is 9.43. The number of hydrogen-bond donors (Lipinski definition) is 5. The van der Waals surface area contributed by atoms with Crippen molar-refractivity contribution in [3.8, 4) is 0 Å². The van der Waals surface area contributed by atoms with Crippen molar-refractivity contribution < 1.29 is 29.7 Å². The first kappa shape index (κ1) is 25.8.